The van der Waals surface area contributed by atoms with Crippen LogP contribution in [0.1, 0.15) is 21.5 Å². The summed E-state index contributed by atoms with van der Waals surface area (Å²) in [6, 6.07) is 2.19. The number of carbonyl (C=O) groups is 1. The third-order valence-electron chi connectivity index (χ3n) is 1.84. The van der Waals surface area contributed by atoms with Gasteiger partial charge in [-0.1, -0.05) is 6.07 Å². The van der Waals surface area contributed by atoms with Gasteiger partial charge in [0.15, 0.2) is 0 Å². The lowest BCUT2D eigenvalue weighted by Crippen LogP contribution is -2.09. The Hall–Kier alpha value is -1.56. The molecule has 0 fully saturated rings. The molecule has 3 nitrogen and oxygen atoms in total. The zero-order valence-corrected chi connectivity index (χ0v) is 7.38. The lowest BCUT2D eigenvalue weighted by atomic mass is 10.0. The number of aromatic carboxylic acids is 1. The number of rotatable bonds is 2. The second-order valence-corrected chi connectivity index (χ2v) is 2.83. The molecule has 0 bridgehead atoms. The van der Waals surface area contributed by atoms with E-state index in [2.05, 4.69) is 0 Å². The topological polar surface area (TPSA) is 57.5 Å². The van der Waals surface area contributed by atoms with Gasteiger partial charge < -0.3 is 10.2 Å². The van der Waals surface area contributed by atoms with Gasteiger partial charge in [-0.15, -0.1) is 0 Å². The molecule has 0 aliphatic carbocycles. The molecule has 0 saturated carbocycles. The van der Waals surface area contributed by atoms with Crippen LogP contribution in [0.2, 0.25) is 0 Å². The second-order valence-electron chi connectivity index (χ2n) is 2.83. The first-order valence-electron chi connectivity index (χ1n) is 3.90. The Balaban J connectivity index is 3.28. The maximum atomic E-state index is 12.2. The van der Waals surface area contributed by atoms with Crippen LogP contribution >= 0.6 is 0 Å². The molecule has 0 aliphatic heterocycles. The normalized spacial score (nSPS) is 11.5. The molecule has 0 heterocycles. The van der Waals surface area contributed by atoms with E-state index < -0.39 is 29.9 Å². The van der Waals surface area contributed by atoms with Crippen LogP contribution < -0.4 is 0 Å². The van der Waals surface area contributed by atoms with Gasteiger partial charge in [-0.25, -0.2) is 4.79 Å². The Kier molecular flexibility index (Phi) is 2.99. The Morgan fingerprint density at radius 2 is 1.93 bits per heavy atom. The van der Waals surface area contributed by atoms with Gasteiger partial charge in [0.25, 0.3) is 0 Å². The maximum Gasteiger partial charge on any atom is 0.416 e. The fraction of sp³-hybridized carbons (Fsp3) is 0.222. The molecule has 6 heteroatoms. The first-order valence-corrected chi connectivity index (χ1v) is 3.90. The van der Waals surface area contributed by atoms with Gasteiger partial charge in [-0.2, -0.15) is 13.2 Å². The molecule has 0 spiro atoms. The van der Waals surface area contributed by atoms with Crippen LogP contribution in [-0.4, -0.2) is 16.2 Å². The summed E-state index contributed by atoms with van der Waals surface area (Å²) >= 11 is 0. The molecule has 0 aliphatic rings. The van der Waals surface area contributed by atoms with Crippen molar-refractivity contribution in [2.24, 2.45) is 0 Å². The maximum absolute atomic E-state index is 12.2. The van der Waals surface area contributed by atoms with Crippen molar-refractivity contribution in [3.63, 3.8) is 0 Å². The number of halogens is 3. The molecular weight excluding hydrogens is 213 g/mol. The van der Waals surface area contributed by atoms with Gasteiger partial charge in [0.2, 0.25) is 0 Å². The van der Waals surface area contributed by atoms with Crippen molar-refractivity contribution in [1.29, 1.82) is 0 Å². The Morgan fingerprint density at radius 1 is 1.33 bits per heavy atom. The SMILES string of the molecule is O=C(O)c1cc(C(F)(F)F)ccc1CO. The number of carboxylic acids is 1. The molecule has 82 valence electrons. The minimum Gasteiger partial charge on any atom is -0.478 e. The van der Waals surface area contributed by atoms with E-state index in [-0.39, 0.29) is 5.56 Å². The predicted octanol–water partition coefficient (Wildman–Crippen LogP) is 1.90. The average Bonchev–Trinajstić information content (AvgIpc) is 2.15. The summed E-state index contributed by atoms with van der Waals surface area (Å²) in [7, 11) is 0. The molecule has 0 saturated heterocycles. The number of benzene rings is 1. The fourth-order valence-corrected chi connectivity index (χ4v) is 1.09. The summed E-state index contributed by atoms with van der Waals surface area (Å²) in [4.78, 5) is 10.6. The highest BCUT2D eigenvalue weighted by atomic mass is 19.4. The number of aliphatic hydroxyl groups is 1. The van der Waals surface area contributed by atoms with Crippen molar-refractivity contribution in [2.45, 2.75) is 12.8 Å². The highest BCUT2D eigenvalue weighted by Gasteiger charge is 2.31. The smallest absolute Gasteiger partial charge is 0.416 e. The zero-order chi connectivity index (χ0) is 11.6. The molecule has 0 unspecified atom stereocenters. The molecular formula is C9H7F3O3. The highest BCUT2D eigenvalue weighted by Crippen LogP contribution is 2.30. The number of carboxylic acid groups (broad SMARTS) is 1. The first-order chi connectivity index (χ1) is 6.86. The Morgan fingerprint density at radius 3 is 2.33 bits per heavy atom. The van der Waals surface area contributed by atoms with Gasteiger partial charge in [-0.05, 0) is 17.7 Å². The third-order valence-corrected chi connectivity index (χ3v) is 1.84. The van der Waals surface area contributed by atoms with Crippen molar-refractivity contribution in [2.75, 3.05) is 0 Å². The summed E-state index contributed by atoms with van der Waals surface area (Å²) in [5, 5.41) is 17.3. The summed E-state index contributed by atoms with van der Waals surface area (Å²) in [6.45, 7) is -0.611. The fourth-order valence-electron chi connectivity index (χ4n) is 1.09. The van der Waals surface area contributed by atoms with Crippen LogP contribution in [0.3, 0.4) is 0 Å². The van der Waals surface area contributed by atoms with E-state index in [9.17, 15) is 18.0 Å². The van der Waals surface area contributed by atoms with E-state index >= 15 is 0 Å². The summed E-state index contributed by atoms with van der Waals surface area (Å²) in [6.07, 6.45) is -4.59. The molecule has 0 radical (unpaired) electrons. The van der Waals surface area contributed by atoms with Crippen molar-refractivity contribution >= 4 is 5.97 Å². The van der Waals surface area contributed by atoms with Crippen molar-refractivity contribution in [3.05, 3.63) is 34.9 Å². The van der Waals surface area contributed by atoms with Crippen LogP contribution in [0, 0.1) is 0 Å². The molecule has 2 N–H and O–H groups in total. The lowest BCUT2D eigenvalue weighted by molar-refractivity contribution is -0.137. The Bertz CT molecular complexity index is 385. The van der Waals surface area contributed by atoms with Crippen LogP contribution in [0.25, 0.3) is 0 Å². The molecule has 1 aromatic rings. The summed E-state index contributed by atoms with van der Waals surface area (Å²) < 4.78 is 36.6. The standard InChI is InChI=1S/C9H7F3O3/c10-9(11,12)6-2-1-5(4-13)7(3-6)8(14)15/h1-3,13H,4H2,(H,14,15). The lowest BCUT2D eigenvalue weighted by Gasteiger charge is -2.09. The zero-order valence-electron chi connectivity index (χ0n) is 7.38. The van der Waals surface area contributed by atoms with E-state index in [4.69, 9.17) is 10.2 Å². The second kappa shape index (κ2) is 3.90. The number of aliphatic hydroxyl groups excluding tert-OH is 1. The number of hydrogen-bond donors (Lipinski definition) is 2. The van der Waals surface area contributed by atoms with E-state index in [0.29, 0.717) is 6.07 Å². The van der Waals surface area contributed by atoms with E-state index in [1.165, 1.54) is 0 Å². The predicted molar refractivity (Wildman–Crippen MR) is 44.3 cm³/mol. The van der Waals surface area contributed by atoms with E-state index in [0.717, 1.165) is 12.1 Å². The quantitative estimate of drug-likeness (QED) is 0.800. The molecule has 1 aromatic carbocycles. The first kappa shape index (κ1) is 11.5. The van der Waals surface area contributed by atoms with E-state index in [1.54, 1.807) is 0 Å². The minimum atomic E-state index is -4.59. The van der Waals surface area contributed by atoms with Crippen LogP contribution in [-0.2, 0) is 12.8 Å². The number of hydrogen-bond acceptors (Lipinski definition) is 2. The molecule has 15 heavy (non-hydrogen) atoms. The molecule has 0 amide bonds. The largest absolute Gasteiger partial charge is 0.478 e. The summed E-state index contributed by atoms with van der Waals surface area (Å²) in [5.74, 6) is -1.50. The van der Waals surface area contributed by atoms with Gasteiger partial charge in [0.1, 0.15) is 0 Å². The molecule has 0 atom stereocenters. The van der Waals surface area contributed by atoms with Crippen LogP contribution in [0.15, 0.2) is 18.2 Å². The summed E-state index contributed by atoms with van der Waals surface area (Å²) in [5.41, 5.74) is -1.63. The van der Waals surface area contributed by atoms with E-state index in [1.807, 2.05) is 0 Å². The van der Waals surface area contributed by atoms with Gasteiger partial charge >= 0.3 is 12.1 Å². The van der Waals surface area contributed by atoms with Gasteiger partial charge in [-0.3, -0.25) is 0 Å². The average molecular weight is 220 g/mol. The van der Waals surface area contributed by atoms with Crippen molar-refractivity contribution in [1.82, 2.24) is 0 Å². The Labute approximate surface area is 82.8 Å². The van der Waals surface area contributed by atoms with Crippen molar-refractivity contribution < 1.29 is 28.2 Å². The minimum absolute atomic E-state index is 0.0458. The third kappa shape index (κ3) is 2.47. The van der Waals surface area contributed by atoms with Gasteiger partial charge in [0, 0.05) is 0 Å². The number of alkyl halides is 3. The van der Waals surface area contributed by atoms with Gasteiger partial charge in [0.05, 0.1) is 17.7 Å². The van der Waals surface area contributed by atoms with Crippen LogP contribution in [0.5, 0.6) is 0 Å². The van der Waals surface area contributed by atoms with Crippen molar-refractivity contribution in [3.8, 4) is 0 Å². The highest BCUT2D eigenvalue weighted by molar-refractivity contribution is 5.89. The van der Waals surface area contributed by atoms with Crippen LogP contribution in [0.4, 0.5) is 13.2 Å². The monoisotopic (exact) mass is 220 g/mol. The molecule has 0 aromatic heterocycles. The molecule has 1 rings (SSSR count).